The molecule has 0 radical (unpaired) electrons. The van der Waals surface area contributed by atoms with Crippen molar-refractivity contribution in [2.45, 2.75) is 39.2 Å². The number of amides is 2. The highest BCUT2D eigenvalue weighted by molar-refractivity contribution is 5.97. The summed E-state index contributed by atoms with van der Waals surface area (Å²) in [6, 6.07) is 12.2. The maximum atomic E-state index is 12.3. The summed E-state index contributed by atoms with van der Waals surface area (Å²) in [5, 5.41) is 5.18. The minimum Gasteiger partial charge on any atom is -0.486 e. The number of hydrogen-bond donors (Lipinski definition) is 2. The fourth-order valence-electron chi connectivity index (χ4n) is 3.03. The van der Waals surface area contributed by atoms with Crippen molar-refractivity contribution in [3.63, 3.8) is 0 Å². The van der Waals surface area contributed by atoms with Crippen LogP contribution in [0.25, 0.3) is 0 Å². The van der Waals surface area contributed by atoms with Crippen molar-refractivity contribution in [1.29, 1.82) is 0 Å². The number of esters is 1. The number of ether oxygens (including phenoxy) is 3. The Morgan fingerprint density at radius 1 is 1.00 bits per heavy atom. The lowest BCUT2D eigenvalue weighted by molar-refractivity contribution is -0.152. The van der Waals surface area contributed by atoms with Gasteiger partial charge in [-0.05, 0) is 42.2 Å². The molecule has 0 fully saturated rings. The molecule has 0 spiro atoms. The van der Waals surface area contributed by atoms with Crippen LogP contribution >= 0.6 is 0 Å². The first-order valence-electron chi connectivity index (χ1n) is 10.4. The predicted molar refractivity (Wildman–Crippen MR) is 119 cm³/mol. The van der Waals surface area contributed by atoms with Crippen molar-refractivity contribution < 1.29 is 28.6 Å². The Balaban J connectivity index is 1.46. The molecule has 1 atom stereocenters. The van der Waals surface area contributed by atoms with Crippen molar-refractivity contribution in [2.24, 2.45) is 0 Å². The molecule has 0 saturated heterocycles. The summed E-state index contributed by atoms with van der Waals surface area (Å²) >= 11 is 0. The fourth-order valence-corrected chi connectivity index (χ4v) is 3.03. The summed E-state index contributed by atoms with van der Waals surface area (Å²) in [7, 11) is 0. The van der Waals surface area contributed by atoms with Crippen LogP contribution in [0.2, 0.25) is 0 Å². The third kappa shape index (κ3) is 6.00. The molecule has 2 aromatic rings. The Labute approximate surface area is 187 Å². The van der Waals surface area contributed by atoms with E-state index in [9.17, 15) is 14.4 Å². The molecule has 2 amide bonds. The lowest BCUT2D eigenvalue weighted by atomic mass is 9.87. The van der Waals surface area contributed by atoms with Gasteiger partial charge in [0, 0.05) is 17.3 Å². The van der Waals surface area contributed by atoms with E-state index in [1.54, 1.807) is 30.3 Å². The van der Waals surface area contributed by atoms with Crippen molar-refractivity contribution in [3.05, 3.63) is 53.6 Å². The van der Waals surface area contributed by atoms with Crippen LogP contribution in [-0.2, 0) is 19.7 Å². The van der Waals surface area contributed by atoms with E-state index in [-0.39, 0.29) is 12.0 Å². The van der Waals surface area contributed by atoms with Gasteiger partial charge in [-0.25, -0.2) is 0 Å². The van der Waals surface area contributed by atoms with Crippen LogP contribution in [-0.4, -0.2) is 43.6 Å². The number of fused-ring (bicyclic) bond motifs is 1. The first kappa shape index (κ1) is 23.1. The number of nitrogens with one attached hydrogen (secondary N) is 2. The quantitative estimate of drug-likeness (QED) is 0.670. The molecular weight excluding hydrogens is 412 g/mol. The molecule has 170 valence electrons. The molecule has 8 nitrogen and oxygen atoms in total. The Morgan fingerprint density at radius 3 is 2.31 bits per heavy atom. The number of hydrogen-bond acceptors (Lipinski definition) is 6. The zero-order chi connectivity index (χ0) is 23.3. The molecule has 3 rings (SSSR count). The Morgan fingerprint density at radius 2 is 1.66 bits per heavy atom. The normalized spacial score (nSPS) is 13.6. The summed E-state index contributed by atoms with van der Waals surface area (Å²) < 4.78 is 16.0. The second kappa shape index (κ2) is 9.72. The minimum absolute atomic E-state index is 0.0184. The van der Waals surface area contributed by atoms with Gasteiger partial charge < -0.3 is 24.8 Å². The van der Waals surface area contributed by atoms with Crippen LogP contribution in [0.5, 0.6) is 11.5 Å². The lowest BCUT2D eigenvalue weighted by Gasteiger charge is -2.19. The SMILES string of the molecule is CC(OC(=O)CNC(=O)c1ccc(C(C)(C)C)cc1)C(=O)Nc1ccc2c(c1)OCCO2. The summed E-state index contributed by atoms with van der Waals surface area (Å²) in [5.41, 5.74) is 2.02. The Bertz CT molecular complexity index is 995. The fraction of sp³-hybridized carbons (Fsp3) is 0.375. The van der Waals surface area contributed by atoms with E-state index in [4.69, 9.17) is 14.2 Å². The molecule has 0 aromatic heterocycles. The van der Waals surface area contributed by atoms with E-state index >= 15 is 0 Å². The van der Waals surface area contributed by atoms with Crippen molar-refractivity contribution in [3.8, 4) is 11.5 Å². The maximum absolute atomic E-state index is 12.3. The third-order valence-electron chi connectivity index (χ3n) is 4.89. The van der Waals surface area contributed by atoms with Gasteiger partial charge in [-0.2, -0.15) is 0 Å². The first-order chi connectivity index (χ1) is 15.1. The number of anilines is 1. The zero-order valence-electron chi connectivity index (χ0n) is 18.7. The van der Waals surface area contributed by atoms with E-state index in [1.165, 1.54) is 6.92 Å². The predicted octanol–water partition coefficient (Wildman–Crippen LogP) is 3.06. The average molecular weight is 440 g/mol. The Hall–Kier alpha value is -3.55. The van der Waals surface area contributed by atoms with Gasteiger partial charge in [0.2, 0.25) is 0 Å². The van der Waals surface area contributed by atoms with Gasteiger partial charge in [0.25, 0.3) is 11.8 Å². The molecule has 1 heterocycles. The maximum Gasteiger partial charge on any atom is 0.326 e. The summed E-state index contributed by atoms with van der Waals surface area (Å²) in [6.45, 7) is 8.28. The molecule has 1 aliphatic rings. The molecule has 0 saturated carbocycles. The van der Waals surface area contributed by atoms with Gasteiger partial charge in [0.05, 0.1) is 0 Å². The van der Waals surface area contributed by atoms with Gasteiger partial charge in [0.1, 0.15) is 19.8 Å². The number of carbonyl (C=O) groups is 3. The molecule has 32 heavy (non-hydrogen) atoms. The smallest absolute Gasteiger partial charge is 0.326 e. The van der Waals surface area contributed by atoms with Crippen LogP contribution in [0.4, 0.5) is 5.69 Å². The van der Waals surface area contributed by atoms with Crippen LogP contribution in [0, 0.1) is 0 Å². The molecule has 1 unspecified atom stereocenters. The van der Waals surface area contributed by atoms with Crippen LogP contribution in [0.1, 0.15) is 43.6 Å². The third-order valence-corrected chi connectivity index (χ3v) is 4.89. The summed E-state index contributed by atoms with van der Waals surface area (Å²) in [5.74, 6) is -0.459. The van der Waals surface area contributed by atoms with Crippen molar-refractivity contribution >= 4 is 23.5 Å². The molecule has 2 aromatic carbocycles. The van der Waals surface area contributed by atoms with Gasteiger partial charge in [-0.3, -0.25) is 14.4 Å². The second-order valence-electron chi connectivity index (χ2n) is 8.49. The van der Waals surface area contributed by atoms with Crippen LogP contribution < -0.4 is 20.1 Å². The minimum atomic E-state index is -1.04. The van der Waals surface area contributed by atoms with E-state index in [1.807, 2.05) is 12.1 Å². The van der Waals surface area contributed by atoms with E-state index in [2.05, 4.69) is 31.4 Å². The molecular formula is C24H28N2O6. The standard InChI is InChI=1S/C24H28N2O6/c1-15(22(28)26-18-9-10-19-20(13-18)31-12-11-30-19)32-21(27)14-25-23(29)16-5-7-17(8-6-16)24(2,3)4/h5-10,13,15H,11-12,14H2,1-4H3,(H,25,29)(H,26,28). The number of carbonyl (C=O) groups excluding carboxylic acids is 3. The zero-order valence-corrected chi connectivity index (χ0v) is 18.7. The summed E-state index contributed by atoms with van der Waals surface area (Å²) in [6.07, 6.45) is -1.04. The largest absolute Gasteiger partial charge is 0.486 e. The van der Waals surface area contributed by atoms with Gasteiger partial charge >= 0.3 is 5.97 Å². The molecule has 2 N–H and O–H groups in total. The monoisotopic (exact) mass is 440 g/mol. The highest BCUT2D eigenvalue weighted by atomic mass is 16.6. The Kier molecular flexibility index (Phi) is 7.02. The van der Waals surface area contributed by atoms with E-state index in [0.717, 1.165) is 5.56 Å². The highest BCUT2D eigenvalue weighted by Crippen LogP contribution is 2.32. The molecule has 8 heteroatoms. The van der Waals surface area contributed by atoms with E-state index < -0.39 is 23.9 Å². The first-order valence-corrected chi connectivity index (χ1v) is 10.4. The van der Waals surface area contributed by atoms with Gasteiger partial charge in [-0.15, -0.1) is 0 Å². The van der Waals surface area contributed by atoms with Crippen molar-refractivity contribution in [2.75, 3.05) is 25.1 Å². The molecule has 0 bridgehead atoms. The average Bonchev–Trinajstić information content (AvgIpc) is 2.76. The molecule has 1 aliphatic heterocycles. The topological polar surface area (TPSA) is 103 Å². The van der Waals surface area contributed by atoms with E-state index in [0.29, 0.717) is 36.0 Å². The van der Waals surface area contributed by atoms with Gasteiger partial charge in [0.15, 0.2) is 17.6 Å². The van der Waals surface area contributed by atoms with Gasteiger partial charge in [-0.1, -0.05) is 32.9 Å². The highest BCUT2D eigenvalue weighted by Gasteiger charge is 2.20. The van der Waals surface area contributed by atoms with Crippen LogP contribution in [0.15, 0.2) is 42.5 Å². The van der Waals surface area contributed by atoms with Crippen molar-refractivity contribution in [1.82, 2.24) is 5.32 Å². The second-order valence-corrected chi connectivity index (χ2v) is 8.49. The number of rotatable bonds is 6. The number of benzene rings is 2. The summed E-state index contributed by atoms with van der Waals surface area (Å²) in [4.78, 5) is 36.7. The lowest BCUT2D eigenvalue weighted by Crippen LogP contribution is -2.35. The molecule has 0 aliphatic carbocycles. The van der Waals surface area contributed by atoms with Crippen LogP contribution in [0.3, 0.4) is 0 Å².